The van der Waals surface area contributed by atoms with Crippen LogP contribution in [0.25, 0.3) is 0 Å². The molecule has 0 saturated heterocycles. The molecule has 0 bridgehead atoms. The molecule has 0 aliphatic rings. The summed E-state index contributed by atoms with van der Waals surface area (Å²) >= 11 is 5.80. The van der Waals surface area contributed by atoms with Crippen molar-refractivity contribution in [3.63, 3.8) is 0 Å². The van der Waals surface area contributed by atoms with Crippen LogP contribution in [0.3, 0.4) is 0 Å². The van der Waals surface area contributed by atoms with Gasteiger partial charge >= 0.3 is 5.97 Å². The summed E-state index contributed by atoms with van der Waals surface area (Å²) in [5.41, 5.74) is 0.755. The van der Waals surface area contributed by atoms with Crippen LogP contribution >= 0.6 is 11.6 Å². The Labute approximate surface area is 80.9 Å². The van der Waals surface area contributed by atoms with Gasteiger partial charge in [0.25, 0.3) is 0 Å². The SMILES string of the molecule is Cc1c(Cl)cccc1OCC(=O)O. The van der Waals surface area contributed by atoms with Gasteiger partial charge in [0.1, 0.15) is 5.75 Å². The Balaban J connectivity index is 2.77. The molecule has 0 radical (unpaired) electrons. The molecular formula is C9H9ClO3. The number of carboxylic acids is 1. The van der Waals surface area contributed by atoms with Crippen molar-refractivity contribution in [2.45, 2.75) is 6.92 Å². The van der Waals surface area contributed by atoms with Crippen molar-refractivity contribution in [1.29, 1.82) is 0 Å². The van der Waals surface area contributed by atoms with Gasteiger partial charge in [-0.05, 0) is 19.1 Å². The highest BCUT2D eigenvalue weighted by molar-refractivity contribution is 6.31. The van der Waals surface area contributed by atoms with Crippen molar-refractivity contribution in [3.05, 3.63) is 28.8 Å². The zero-order valence-corrected chi connectivity index (χ0v) is 7.84. The number of ether oxygens (including phenoxy) is 1. The Hall–Kier alpha value is -1.22. The highest BCUT2D eigenvalue weighted by Crippen LogP contribution is 2.24. The van der Waals surface area contributed by atoms with Crippen molar-refractivity contribution in [2.24, 2.45) is 0 Å². The quantitative estimate of drug-likeness (QED) is 0.813. The van der Waals surface area contributed by atoms with E-state index in [2.05, 4.69) is 0 Å². The van der Waals surface area contributed by atoms with E-state index >= 15 is 0 Å². The van der Waals surface area contributed by atoms with Crippen LogP contribution in [0, 0.1) is 6.92 Å². The van der Waals surface area contributed by atoms with E-state index in [4.69, 9.17) is 21.4 Å². The minimum absolute atomic E-state index is 0.346. The predicted octanol–water partition coefficient (Wildman–Crippen LogP) is 2.11. The summed E-state index contributed by atoms with van der Waals surface area (Å²) in [4.78, 5) is 10.2. The van der Waals surface area contributed by atoms with Crippen LogP contribution in [0.2, 0.25) is 5.02 Å². The van der Waals surface area contributed by atoms with Gasteiger partial charge in [0, 0.05) is 10.6 Å². The van der Waals surface area contributed by atoms with Crippen LogP contribution < -0.4 is 4.74 Å². The van der Waals surface area contributed by atoms with Gasteiger partial charge in [-0.3, -0.25) is 0 Å². The van der Waals surface area contributed by atoms with Crippen LogP contribution in [-0.4, -0.2) is 17.7 Å². The van der Waals surface area contributed by atoms with E-state index in [1.807, 2.05) is 0 Å². The molecule has 0 aromatic heterocycles. The highest BCUT2D eigenvalue weighted by atomic mass is 35.5. The first kappa shape index (κ1) is 9.86. The third-order valence-electron chi connectivity index (χ3n) is 1.57. The van der Waals surface area contributed by atoms with Gasteiger partial charge in [-0.25, -0.2) is 4.79 Å². The molecule has 0 heterocycles. The molecule has 3 nitrogen and oxygen atoms in total. The number of halogens is 1. The Morgan fingerprint density at radius 3 is 2.92 bits per heavy atom. The summed E-state index contributed by atoms with van der Waals surface area (Å²) < 4.78 is 5.00. The summed E-state index contributed by atoms with van der Waals surface area (Å²) in [6.45, 7) is 1.43. The topological polar surface area (TPSA) is 46.5 Å². The largest absolute Gasteiger partial charge is 0.482 e. The van der Waals surface area contributed by atoms with Crippen LogP contribution in [0.1, 0.15) is 5.56 Å². The first-order valence-electron chi connectivity index (χ1n) is 3.71. The van der Waals surface area contributed by atoms with E-state index in [1.54, 1.807) is 25.1 Å². The van der Waals surface area contributed by atoms with E-state index < -0.39 is 5.97 Å². The van der Waals surface area contributed by atoms with Gasteiger partial charge in [0.05, 0.1) is 0 Å². The zero-order chi connectivity index (χ0) is 9.84. The maximum atomic E-state index is 10.2. The molecule has 0 aliphatic carbocycles. The van der Waals surface area contributed by atoms with Crippen LogP contribution in [-0.2, 0) is 4.79 Å². The molecule has 1 aromatic carbocycles. The lowest BCUT2D eigenvalue weighted by Crippen LogP contribution is -2.10. The van der Waals surface area contributed by atoms with Gasteiger partial charge < -0.3 is 9.84 Å². The second-order valence-electron chi connectivity index (χ2n) is 2.55. The second-order valence-corrected chi connectivity index (χ2v) is 2.95. The molecule has 0 amide bonds. The first-order valence-corrected chi connectivity index (χ1v) is 4.09. The Morgan fingerprint density at radius 2 is 2.31 bits per heavy atom. The molecule has 1 rings (SSSR count). The van der Waals surface area contributed by atoms with E-state index in [0.717, 1.165) is 5.56 Å². The van der Waals surface area contributed by atoms with Crippen molar-refractivity contribution in [3.8, 4) is 5.75 Å². The van der Waals surface area contributed by atoms with Crippen LogP contribution in [0.5, 0.6) is 5.75 Å². The molecule has 0 spiro atoms. The molecule has 0 fully saturated rings. The minimum Gasteiger partial charge on any atom is -0.482 e. The van der Waals surface area contributed by atoms with Crippen molar-refractivity contribution >= 4 is 17.6 Å². The number of rotatable bonds is 3. The highest BCUT2D eigenvalue weighted by Gasteiger charge is 2.04. The minimum atomic E-state index is -1.00. The molecule has 4 heteroatoms. The Morgan fingerprint density at radius 1 is 1.62 bits per heavy atom. The monoisotopic (exact) mass is 200 g/mol. The van der Waals surface area contributed by atoms with E-state index in [-0.39, 0.29) is 6.61 Å². The third-order valence-corrected chi connectivity index (χ3v) is 1.98. The standard InChI is InChI=1S/C9H9ClO3/c1-6-7(10)3-2-4-8(6)13-5-9(11)12/h2-4H,5H2,1H3,(H,11,12). The molecule has 0 unspecified atom stereocenters. The van der Waals surface area contributed by atoms with Crippen molar-refractivity contribution in [2.75, 3.05) is 6.61 Å². The zero-order valence-electron chi connectivity index (χ0n) is 7.08. The van der Waals surface area contributed by atoms with Gasteiger partial charge in [-0.1, -0.05) is 17.7 Å². The number of aliphatic carboxylic acids is 1. The molecule has 70 valence electrons. The van der Waals surface area contributed by atoms with Gasteiger partial charge in [0.2, 0.25) is 0 Å². The molecule has 13 heavy (non-hydrogen) atoms. The fraction of sp³-hybridized carbons (Fsp3) is 0.222. The molecule has 1 N–H and O–H groups in total. The maximum Gasteiger partial charge on any atom is 0.341 e. The van der Waals surface area contributed by atoms with Crippen molar-refractivity contribution < 1.29 is 14.6 Å². The summed E-state index contributed by atoms with van der Waals surface area (Å²) in [6, 6.07) is 5.13. The van der Waals surface area contributed by atoms with E-state index in [0.29, 0.717) is 10.8 Å². The van der Waals surface area contributed by atoms with Crippen molar-refractivity contribution in [1.82, 2.24) is 0 Å². The normalized spacial score (nSPS) is 9.69. The predicted molar refractivity (Wildman–Crippen MR) is 49.3 cm³/mol. The van der Waals surface area contributed by atoms with E-state index in [1.165, 1.54) is 0 Å². The molecule has 0 aliphatic heterocycles. The van der Waals surface area contributed by atoms with E-state index in [9.17, 15) is 4.79 Å². The lowest BCUT2D eigenvalue weighted by Gasteiger charge is -2.07. The van der Waals surface area contributed by atoms with Gasteiger partial charge in [-0.15, -0.1) is 0 Å². The first-order chi connectivity index (χ1) is 6.11. The molecular weight excluding hydrogens is 192 g/mol. The average molecular weight is 201 g/mol. The second kappa shape index (κ2) is 4.14. The lowest BCUT2D eigenvalue weighted by atomic mass is 10.2. The number of carbonyl (C=O) groups is 1. The Kier molecular flexibility index (Phi) is 3.14. The van der Waals surface area contributed by atoms with Gasteiger partial charge in [0.15, 0.2) is 6.61 Å². The summed E-state index contributed by atoms with van der Waals surface area (Å²) in [7, 11) is 0. The van der Waals surface area contributed by atoms with Gasteiger partial charge in [-0.2, -0.15) is 0 Å². The third kappa shape index (κ3) is 2.63. The molecule has 1 aromatic rings. The summed E-state index contributed by atoms with van der Waals surface area (Å²) in [5.74, 6) is -0.491. The Bertz CT molecular complexity index is 323. The number of hydrogen-bond acceptors (Lipinski definition) is 2. The summed E-state index contributed by atoms with van der Waals surface area (Å²) in [5, 5.41) is 8.95. The number of carboxylic acid groups (broad SMARTS) is 1. The smallest absolute Gasteiger partial charge is 0.341 e. The molecule has 0 atom stereocenters. The fourth-order valence-electron chi connectivity index (χ4n) is 0.884. The van der Waals surface area contributed by atoms with Crippen LogP contribution in [0.4, 0.5) is 0 Å². The average Bonchev–Trinajstić information content (AvgIpc) is 2.07. The maximum absolute atomic E-state index is 10.2. The summed E-state index contributed by atoms with van der Waals surface area (Å²) in [6.07, 6.45) is 0. The van der Waals surface area contributed by atoms with Crippen LogP contribution in [0.15, 0.2) is 18.2 Å². The fourth-order valence-corrected chi connectivity index (χ4v) is 1.05. The number of benzene rings is 1. The molecule has 0 saturated carbocycles. The number of hydrogen-bond donors (Lipinski definition) is 1. The lowest BCUT2D eigenvalue weighted by molar-refractivity contribution is -0.139.